The van der Waals surface area contributed by atoms with E-state index in [0.717, 1.165) is 18.5 Å². The van der Waals surface area contributed by atoms with Gasteiger partial charge in [0.1, 0.15) is 5.82 Å². The first-order chi connectivity index (χ1) is 10.1. The van der Waals surface area contributed by atoms with Crippen LogP contribution in [0.1, 0.15) is 30.5 Å². The van der Waals surface area contributed by atoms with Gasteiger partial charge in [-0.05, 0) is 42.2 Å². The maximum absolute atomic E-state index is 13.6. The molecule has 1 amide bonds. The summed E-state index contributed by atoms with van der Waals surface area (Å²) in [5.41, 5.74) is 3.67. The molecule has 0 saturated carbocycles. The second-order valence-corrected chi connectivity index (χ2v) is 5.31. The van der Waals surface area contributed by atoms with Crippen molar-refractivity contribution in [3.63, 3.8) is 0 Å². The number of hydrogen-bond acceptors (Lipinski definition) is 2. The standard InChI is InChI=1S/C17H17FN2O/c1-11(21)19-17-10-13(7-8-15(17)18)20-16-9-6-12-4-2-3-5-14(12)16/h2-5,7-8,10,16,20H,6,9H2,1H3,(H,19,21). The van der Waals surface area contributed by atoms with Gasteiger partial charge >= 0.3 is 0 Å². The molecule has 3 rings (SSSR count). The summed E-state index contributed by atoms with van der Waals surface area (Å²) in [5, 5.41) is 5.92. The van der Waals surface area contributed by atoms with Crippen molar-refractivity contribution in [3.8, 4) is 0 Å². The van der Waals surface area contributed by atoms with Crippen molar-refractivity contribution in [3.05, 3.63) is 59.4 Å². The summed E-state index contributed by atoms with van der Waals surface area (Å²) in [5.74, 6) is -0.708. The zero-order valence-electron chi connectivity index (χ0n) is 11.8. The van der Waals surface area contributed by atoms with Crippen LogP contribution in [0.3, 0.4) is 0 Å². The fraction of sp³-hybridized carbons (Fsp3) is 0.235. The summed E-state index contributed by atoms with van der Waals surface area (Å²) in [6.45, 7) is 1.37. The molecule has 2 aromatic carbocycles. The second kappa shape index (κ2) is 5.56. The third kappa shape index (κ3) is 2.89. The molecule has 108 valence electrons. The predicted molar refractivity (Wildman–Crippen MR) is 81.8 cm³/mol. The molecule has 0 aromatic heterocycles. The summed E-state index contributed by atoms with van der Waals surface area (Å²) < 4.78 is 13.6. The number of benzene rings is 2. The van der Waals surface area contributed by atoms with E-state index in [1.54, 1.807) is 12.1 Å². The molecule has 2 aromatic rings. The van der Waals surface area contributed by atoms with Gasteiger partial charge in [-0.2, -0.15) is 0 Å². The number of aryl methyl sites for hydroxylation is 1. The normalized spacial score (nSPS) is 16.4. The molecule has 0 bridgehead atoms. The maximum Gasteiger partial charge on any atom is 0.221 e. The molecule has 1 aliphatic carbocycles. The predicted octanol–water partition coefficient (Wildman–Crippen LogP) is 3.88. The van der Waals surface area contributed by atoms with Gasteiger partial charge in [0.2, 0.25) is 5.91 Å². The average molecular weight is 284 g/mol. The van der Waals surface area contributed by atoms with Gasteiger partial charge in [-0.15, -0.1) is 0 Å². The van der Waals surface area contributed by atoms with E-state index < -0.39 is 5.82 Å². The van der Waals surface area contributed by atoms with Crippen LogP contribution < -0.4 is 10.6 Å². The lowest BCUT2D eigenvalue weighted by molar-refractivity contribution is -0.114. The van der Waals surface area contributed by atoms with Crippen LogP contribution in [0.25, 0.3) is 0 Å². The van der Waals surface area contributed by atoms with Gasteiger partial charge < -0.3 is 10.6 Å². The number of hydrogen-bond donors (Lipinski definition) is 2. The first kappa shape index (κ1) is 13.6. The van der Waals surface area contributed by atoms with Gasteiger partial charge in [0.05, 0.1) is 11.7 Å². The van der Waals surface area contributed by atoms with Crippen molar-refractivity contribution in [1.82, 2.24) is 0 Å². The van der Waals surface area contributed by atoms with Crippen molar-refractivity contribution in [2.45, 2.75) is 25.8 Å². The van der Waals surface area contributed by atoms with E-state index in [2.05, 4.69) is 22.8 Å². The minimum atomic E-state index is -0.428. The monoisotopic (exact) mass is 284 g/mol. The molecule has 3 nitrogen and oxygen atoms in total. The van der Waals surface area contributed by atoms with E-state index in [1.807, 2.05) is 12.1 Å². The Kier molecular flexibility index (Phi) is 3.60. The fourth-order valence-electron chi connectivity index (χ4n) is 2.81. The van der Waals surface area contributed by atoms with Crippen molar-refractivity contribution in [2.75, 3.05) is 10.6 Å². The lowest BCUT2D eigenvalue weighted by atomic mass is 10.1. The summed E-state index contributed by atoms with van der Waals surface area (Å²) >= 11 is 0. The van der Waals surface area contributed by atoms with E-state index in [-0.39, 0.29) is 17.6 Å². The summed E-state index contributed by atoms with van der Waals surface area (Å²) in [4.78, 5) is 11.1. The van der Waals surface area contributed by atoms with Crippen LogP contribution in [0.2, 0.25) is 0 Å². The molecule has 1 atom stereocenters. The van der Waals surface area contributed by atoms with E-state index in [9.17, 15) is 9.18 Å². The second-order valence-electron chi connectivity index (χ2n) is 5.31. The van der Waals surface area contributed by atoms with Crippen LogP contribution in [0.5, 0.6) is 0 Å². The zero-order valence-corrected chi connectivity index (χ0v) is 11.8. The Morgan fingerprint density at radius 3 is 2.86 bits per heavy atom. The molecule has 1 unspecified atom stereocenters. The Balaban J connectivity index is 1.81. The molecule has 2 N–H and O–H groups in total. The largest absolute Gasteiger partial charge is 0.378 e. The molecule has 0 fully saturated rings. The Morgan fingerprint density at radius 1 is 1.24 bits per heavy atom. The number of anilines is 2. The van der Waals surface area contributed by atoms with Gasteiger partial charge in [0.25, 0.3) is 0 Å². The molecule has 0 aliphatic heterocycles. The Bertz CT molecular complexity index is 684. The van der Waals surface area contributed by atoms with Crippen molar-refractivity contribution in [2.24, 2.45) is 0 Å². The number of nitrogens with one attached hydrogen (secondary N) is 2. The van der Waals surface area contributed by atoms with E-state index in [0.29, 0.717) is 0 Å². The van der Waals surface area contributed by atoms with Crippen molar-refractivity contribution >= 4 is 17.3 Å². The fourth-order valence-corrected chi connectivity index (χ4v) is 2.81. The minimum Gasteiger partial charge on any atom is -0.378 e. The van der Waals surface area contributed by atoms with Gasteiger partial charge in [0.15, 0.2) is 0 Å². The number of carbonyl (C=O) groups is 1. The highest BCUT2D eigenvalue weighted by Crippen LogP contribution is 2.34. The SMILES string of the molecule is CC(=O)Nc1cc(NC2CCc3ccccc32)ccc1F. The van der Waals surface area contributed by atoms with Crippen LogP contribution in [-0.4, -0.2) is 5.91 Å². The molecule has 0 heterocycles. The first-order valence-electron chi connectivity index (χ1n) is 7.05. The molecular weight excluding hydrogens is 267 g/mol. The van der Waals surface area contributed by atoms with E-state index >= 15 is 0 Å². The average Bonchev–Trinajstić information content (AvgIpc) is 2.85. The van der Waals surface area contributed by atoms with Crippen LogP contribution >= 0.6 is 0 Å². The van der Waals surface area contributed by atoms with Crippen molar-refractivity contribution < 1.29 is 9.18 Å². The molecule has 1 aliphatic rings. The molecule has 0 spiro atoms. The maximum atomic E-state index is 13.6. The summed E-state index contributed by atoms with van der Waals surface area (Å²) in [7, 11) is 0. The number of fused-ring (bicyclic) bond motifs is 1. The van der Waals surface area contributed by atoms with Crippen molar-refractivity contribution in [1.29, 1.82) is 0 Å². The Hall–Kier alpha value is -2.36. The molecule has 0 radical (unpaired) electrons. The Morgan fingerprint density at radius 2 is 2.05 bits per heavy atom. The molecule has 4 heteroatoms. The van der Waals surface area contributed by atoms with Gasteiger partial charge in [0, 0.05) is 12.6 Å². The summed E-state index contributed by atoms with van der Waals surface area (Å²) in [6.07, 6.45) is 2.07. The number of rotatable bonds is 3. The van der Waals surface area contributed by atoms with Gasteiger partial charge in [-0.3, -0.25) is 4.79 Å². The number of carbonyl (C=O) groups excluding carboxylic acids is 1. The Labute approximate surface area is 123 Å². The summed E-state index contributed by atoms with van der Waals surface area (Å²) in [6, 6.07) is 13.3. The lowest BCUT2D eigenvalue weighted by Gasteiger charge is -2.16. The topological polar surface area (TPSA) is 41.1 Å². The number of halogens is 1. The molecule has 0 saturated heterocycles. The van der Waals surface area contributed by atoms with E-state index in [1.165, 1.54) is 24.1 Å². The third-order valence-corrected chi connectivity index (χ3v) is 3.75. The van der Waals surface area contributed by atoms with Crippen LogP contribution in [-0.2, 0) is 11.2 Å². The highest BCUT2D eigenvalue weighted by Gasteiger charge is 2.21. The van der Waals surface area contributed by atoms with Gasteiger partial charge in [-0.25, -0.2) is 4.39 Å². The smallest absolute Gasteiger partial charge is 0.221 e. The van der Waals surface area contributed by atoms with Gasteiger partial charge in [-0.1, -0.05) is 24.3 Å². The van der Waals surface area contributed by atoms with Crippen LogP contribution in [0.15, 0.2) is 42.5 Å². The first-order valence-corrected chi connectivity index (χ1v) is 7.05. The van der Waals surface area contributed by atoms with Crippen LogP contribution in [0, 0.1) is 5.82 Å². The van der Waals surface area contributed by atoms with E-state index in [4.69, 9.17) is 0 Å². The minimum absolute atomic E-state index is 0.207. The highest BCUT2D eigenvalue weighted by atomic mass is 19.1. The third-order valence-electron chi connectivity index (χ3n) is 3.75. The molecular formula is C17H17FN2O. The number of amides is 1. The quantitative estimate of drug-likeness (QED) is 0.898. The lowest BCUT2D eigenvalue weighted by Crippen LogP contribution is -2.10. The highest BCUT2D eigenvalue weighted by molar-refractivity contribution is 5.89. The van der Waals surface area contributed by atoms with Crippen LogP contribution in [0.4, 0.5) is 15.8 Å². The zero-order chi connectivity index (χ0) is 14.8. The molecule has 21 heavy (non-hydrogen) atoms.